The van der Waals surface area contributed by atoms with Crippen LogP contribution in [0.1, 0.15) is 11.3 Å². The van der Waals surface area contributed by atoms with E-state index >= 15 is 0 Å². The summed E-state index contributed by atoms with van der Waals surface area (Å²) in [6.45, 7) is 2.02. The van der Waals surface area contributed by atoms with Gasteiger partial charge in [-0.3, -0.25) is 4.79 Å². The van der Waals surface area contributed by atoms with Crippen LogP contribution in [0.25, 0.3) is 33.1 Å². The summed E-state index contributed by atoms with van der Waals surface area (Å²) in [6, 6.07) is 9.96. The second-order valence-corrected chi connectivity index (χ2v) is 7.78. The van der Waals surface area contributed by atoms with Crippen LogP contribution in [0.4, 0.5) is 0 Å². The van der Waals surface area contributed by atoms with Crippen LogP contribution in [-0.2, 0) is 0 Å². The standard InChI is InChI=1S/C18H11BrN4OS/c1-9-12(11-4-2-3-5-13(11)21-9)7-15-17(24)23-16-14(22-18(23)25-15)6-10(19)8-20-16/h2-8,21H,1H3/b15-7-. The van der Waals surface area contributed by atoms with E-state index in [0.717, 1.165) is 26.6 Å². The predicted octanol–water partition coefficient (Wildman–Crippen LogP) is 3.40. The molecule has 0 atom stereocenters. The lowest BCUT2D eigenvalue weighted by atomic mass is 10.1. The molecule has 0 bridgehead atoms. The Labute approximate surface area is 153 Å². The Morgan fingerprint density at radius 2 is 2.16 bits per heavy atom. The van der Waals surface area contributed by atoms with Crippen molar-refractivity contribution in [2.24, 2.45) is 0 Å². The molecular formula is C18H11BrN4OS. The highest BCUT2D eigenvalue weighted by molar-refractivity contribution is 9.10. The average molecular weight is 411 g/mol. The summed E-state index contributed by atoms with van der Waals surface area (Å²) in [4.78, 5) is 25.8. The molecule has 0 aliphatic carbocycles. The number of pyridine rings is 1. The summed E-state index contributed by atoms with van der Waals surface area (Å²) in [5.74, 6) is 0. The van der Waals surface area contributed by atoms with Gasteiger partial charge in [0.25, 0.3) is 5.56 Å². The Balaban J connectivity index is 1.83. The maximum atomic E-state index is 12.9. The molecule has 1 N–H and O–H groups in total. The van der Waals surface area contributed by atoms with Crippen molar-refractivity contribution >= 4 is 60.4 Å². The topological polar surface area (TPSA) is 63.1 Å². The molecule has 122 valence electrons. The fraction of sp³-hybridized carbons (Fsp3) is 0.0556. The highest BCUT2D eigenvalue weighted by atomic mass is 79.9. The van der Waals surface area contributed by atoms with Crippen LogP contribution in [-0.4, -0.2) is 19.4 Å². The van der Waals surface area contributed by atoms with Gasteiger partial charge in [-0.2, -0.15) is 0 Å². The van der Waals surface area contributed by atoms with E-state index in [1.165, 1.54) is 11.3 Å². The van der Waals surface area contributed by atoms with Crippen molar-refractivity contribution in [2.75, 3.05) is 0 Å². The molecule has 0 saturated carbocycles. The summed E-state index contributed by atoms with van der Waals surface area (Å²) < 4.78 is 3.09. The van der Waals surface area contributed by atoms with Crippen molar-refractivity contribution in [3.8, 4) is 0 Å². The van der Waals surface area contributed by atoms with Gasteiger partial charge in [0.15, 0.2) is 10.6 Å². The van der Waals surface area contributed by atoms with Crippen LogP contribution >= 0.6 is 27.3 Å². The first-order chi connectivity index (χ1) is 12.1. The number of imidazole rings is 1. The van der Waals surface area contributed by atoms with Gasteiger partial charge in [0.1, 0.15) is 5.52 Å². The van der Waals surface area contributed by atoms with Crippen LogP contribution in [0.15, 0.2) is 45.8 Å². The number of aromatic nitrogens is 4. The van der Waals surface area contributed by atoms with Gasteiger partial charge in [-0.1, -0.05) is 29.5 Å². The van der Waals surface area contributed by atoms with Crippen molar-refractivity contribution in [1.29, 1.82) is 0 Å². The number of hydrogen-bond donors (Lipinski definition) is 1. The molecular weight excluding hydrogens is 400 g/mol. The lowest BCUT2D eigenvalue weighted by molar-refractivity contribution is 1.15. The number of aryl methyl sites for hydroxylation is 1. The summed E-state index contributed by atoms with van der Waals surface area (Å²) in [5.41, 5.74) is 4.37. The van der Waals surface area contributed by atoms with E-state index in [1.807, 2.05) is 37.3 Å². The molecule has 0 radical (unpaired) electrons. The Hall–Kier alpha value is -2.51. The highest BCUT2D eigenvalue weighted by Gasteiger charge is 2.13. The summed E-state index contributed by atoms with van der Waals surface area (Å²) >= 11 is 4.77. The SMILES string of the molecule is Cc1[nH]c2ccccc2c1/C=c1\sc2nc3cc(Br)cnc3n2c1=O. The number of para-hydroxylation sites is 1. The second-order valence-electron chi connectivity index (χ2n) is 5.85. The van der Waals surface area contributed by atoms with Gasteiger partial charge in [0.2, 0.25) is 0 Å². The normalized spacial score (nSPS) is 12.8. The molecule has 0 aliphatic rings. The van der Waals surface area contributed by atoms with E-state index in [0.29, 0.717) is 20.7 Å². The third-order valence-corrected chi connectivity index (χ3v) is 5.67. The number of nitrogens with one attached hydrogen (secondary N) is 1. The molecule has 0 amide bonds. The van der Waals surface area contributed by atoms with Crippen molar-refractivity contribution in [2.45, 2.75) is 6.92 Å². The molecule has 0 saturated heterocycles. The molecule has 0 spiro atoms. The lowest BCUT2D eigenvalue weighted by Gasteiger charge is -1.92. The quantitative estimate of drug-likeness (QED) is 0.460. The van der Waals surface area contributed by atoms with E-state index in [2.05, 4.69) is 36.9 Å². The lowest BCUT2D eigenvalue weighted by Crippen LogP contribution is -2.23. The monoisotopic (exact) mass is 410 g/mol. The summed E-state index contributed by atoms with van der Waals surface area (Å²) in [5, 5.41) is 1.11. The van der Waals surface area contributed by atoms with Gasteiger partial charge in [-0.25, -0.2) is 14.4 Å². The van der Waals surface area contributed by atoms with Gasteiger partial charge in [0.05, 0.1) is 4.53 Å². The first-order valence-corrected chi connectivity index (χ1v) is 9.28. The minimum absolute atomic E-state index is 0.0815. The number of halogens is 1. The first kappa shape index (κ1) is 14.8. The first-order valence-electron chi connectivity index (χ1n) is 7.67. The number of hydrogen-bond acceptors (Lipinski definition) is 4. The largest absolute Gasteiger partial charge is 0.358 e. The van der Waals surface area contributed by atoms with Crippen LogP contribution in [0, 0.1) is 6.92 Å². The van der Waals surface area contributed by atoms with Crippen LogP contribution in [0.5, 0.6) is 0 Å². The van der Waals surface area contributed by atoms with Gasteiger partial charge in [0, 0.05) is 32.8 Å². The molecule has 7 heteroatoms. The number of fused-ring (bicyclic) bond motifs is 4. The third-order valence-electron chi connectivity index (χ3n) is 4.27. The van der Waals surface area contributed by atoms with Gasteiger partial charge in [-0.05, 0) is 41.1 Å². The van der Waals surface area contributed by atoms with Crippen LogP contribution in [0.2, 0.25) is 0 Å². The van der Waals surface area contributed by atoms with Crippen molar-refractivity contribution in [3.05, 3.63) is 67.1 Å². The molecule has 5 rings (SSSR count). The molecule has 5 nitrogen and oxygen atoms in total. The third kappa shape index (κ3) is 2.16. The Bertz CT molecular complexity index is 1400. The number of aromatic amines is 1. The number of rotatable bonds is 1. The van der Waals surface area contributed by atoms with Gasteiger partial charge < -0.3 is 4.98 Å². The summed E-state index contributed by atoms with van der Waals surface area (Å²) in [7, 11) is 0. The smallest absolute Gasteiger partial charge is 0.276 e. The number of benzene rings is 1. The van der Waals surface area contributed by atoms with E-state index < -0.39 is 0 Å². The Kier molecular flexibility index (Phi) is 3.10. The Morgan fingerprint density at radius 3 is 3.04 bits per heavy atom. The molecule has 0 fully saturated rings. The second kappa shape index (κ2) is 5.24. The average Bonchev–Trinajstić information content (AvgIpc) is 3.20. The molecule has 0 aliphatic heterocycles. The van der Waals surface area contributed by atoms with E-state index in [9.17, 15) is 4.79 Å². The zero-order valence-electron chi connectivity index (χ0n) is 13.1. The fourth-order valence-electron chi connectivity index (χ4n) is 3.13. The van der Waals surface area contributed by atoms with E-state index in [-0.39, 0.29) is 5.56 Å². The van der Waals surface area contributed by atoms with E-state index in [1.54, 1.807) is 10.6 Å². The van der Waals surface area contributed by atoms with Crippen LogP contribution in [0.3, 0.4) is 0 Å². The van der Waals surface area contributed by atoms with Crippen molar-refractivity contribution in [3.63, 3.8) is 0 Å². The number of nitrogens with zero attached hydrogens (tertiary/aromatic N) is 3. The summed E-state index contributed by atoms with van der Waals surface area (Å²) in [6.07, 6.45) is 3.63. The van der Waals surface area contributed by atoms with E-state index in [4.69, 9.17) is 0 Å². The number of thiazole rings is 1. The van der Waals surface area contributed by atoms with Gasteiger partial charge in [-0.15, -0.1) is 0 Å². The maximum Gasteiger partial charge on any atom is 0.276 e. The predicted molar refractivity (Wildman–Crippen MR) is 104 cm³/mol. The zero-order valence-corrected chi connectivity index (χ0v) is 15.5. The fourth-order valence-corrected chi connectivity index (χ4v) is 4.41. The molecule has 4 heterocycles. The minimum atomic E-state index is -0.0815. The van der Waals surface area contributed by atoms with Crippen molar-refractivity contribution in [1.82, 2.24) is 19.4 Å². The zero-order chi connectivity index (χ0) is 17.1. The maximum absolute atomic E-state index is 12.9. The molecule has 1 aromatic carbocycles. The van der Waals surface area contributed by atoms with Crippen LogP contribution < -0.4 is 10.1 Å². The van der Waals surface area contributed by atoms with Crippen molar-refractivity contribution < 1.29 is 0 Å². The minimum Gasteiger partial charge on any atom is -0.358 e. The number of H-pyrrole nitrogens is 1. The molecule has 5 aromatic rings. The highest BCUT2D eigenvalue weighted by Crippen LogP contribution is 2.23. The van der Waals surface area contributed by atoms with Gasteiger partial charge >= 0.3 is 0 Å². The molecule has 0 unspecified atom stereocenters. The Morgan fingerprint density at radius 1 is 1.32 bits per heavy atom. The molecule has 25 heavy (non-hydrogen) atoms. The molecule has 4 aromatic heterocycles.